The number of benzene rings is 1. The normalized spacial score (nSPS) is 10.5. The van der Waals surface area contributed by atoms with Crippen LogP contribution in [-0.2, 0) is 6.54 Å². The molecule has 0 amide bonds. The van der Waals surface area contributed by atoms with Crippen LogP contribution in [0.25, 0.3) is 0 Å². The maximum atomic E-state index is 11.9. The fraction of sp³-hybridized carbons (Fsp3) is 0.167. The Morgan fingerprint density at radius 2 is 2.24 bits per heavy atom. The van der Waals surface area contributed by atoms with Gasteiger partial charge in [0, 0.05) is 5.69 Å². The molecule has 2 rings (SSSR count). The van der Waals surface area contributed by atoms with Gasteiger partial charge in [-0.05, 0) is 40.5 Å². The molecule has 4 nitrogen and oxygen atoms in total. The van der Waals surface area contributed by atoms with Crippen LogP contribution in [0.1, 0.15) is 11.3 Å². The first kappa shape index (κ1) is 11.9. The molecule has 2 N–H and O–H groups in total. The quantitative estimate of drug-likeness (QED) is 0.861. The summed E-state index contributed by atoms with van der Waals surface area (Å²) in [5, 5.41) is 0. The Morgan fingerprint density at radius 3 is 2.94 bits per heavy atom. The first-order chi connectivity index (χ1) is 8.08. The Hall–Kier alpha value is -1.62. The molecule has 17 heavy (non-hydrogen) atoms. The number of hydrogen-bond donors (Lipinski definition) is 1. The molecule has 1 heterocycles. The lowest BCUT2D eigenvalue weighted by molar-refractivity contribution is 0.724. The molecule has 0 fully saturated rings. The summed E-state index contributed by atoms with van der Waals surface area (Å²) in [5.74, 6) is 0. The zero-order valence-electron chi connectivity index (χ0n) is 9.35. The molecule has 0 saturated heterocycles. The van der Waals surface area contributed by atoms with Crippen molar-refractivity contribution < 1.29 is 0 Å². The van der Waals surface area contributed by atoms with Crippen molar-refractivity contribution in [3.8, 4) is 0 Å². The van der Waals surface area contributed by atoms with Gasteiger partial charge in [0.15, 0.2) is 0 Å². The zero-order chi connectivity index (χ0) is 12.4. The predicted molar refractivity (Wildman–Crippen MR) is 70.9 cm³/mol. The van der Waals surface area contributed by atoms with Crippen molar-refractivity contribution in [2.45, 2.75) is 13.5 Å². The van der Waals surface area contributed by atoms with Gasteiger partial charge in [0.25, 0.3) is 5.56 Å². The molecule has 0 saturated carbocycles. The predicted octanol–water partition coefficient (Wildman–Crippen LogP) is 1.94. The molecule has 0 bridgehead atoms. The third kappa shape index (κ3) is 2.55. The van der Waals surface area contributed by atoms with Gasteiger partial charge in [-0.25, -0.2) is 4.98 Å². The monoisotopic (exact) mass is 293 g/mol. The Balaban J connectivity index is 2.37. The largest absolute Gasteiger partial charge is 0.399 e. The van der Waals surface area contributed by atoms with Gasteiger partial charge in [-0.2, -0.15) is 0 Å². The molecule has 1 aromatic heterocycles. The van der Waals surface area contributed by atoms with Gasteiger partial charge < -0.3 is 5.73 Å². The second-order valence-electron chi connectivity index (χ2n) is 3.82. The van der Waals surface area contributed by atoms with Crippen LogP contribution in [-0.4, -0.2) is 9.55 Å². The molecular formula is C12H12BrN3O. The Labute approximate surface area is 107 Å². The summed E-state index contributed by atoms with van der Waals surface area (Å²) in [5.41, 5.74) is 7.97. The van der Waals surface area contributed by atoms with Crippen LogP contribution in [0.5, 0.6) is 0 Å². The molecule has 0 spiro atoms. The maximum absolute atomic E-state index is 11.9. The number of anilines is 1. The molecule has 0 unspecified atom stereocenters. The summed E-state index contributed by atoms with van der Waals surface area (Å²) in [4.78, 5) is 16.1. The molecular weight excluding hydrogens is 282 g/mol. The lowest BCUT2D eigenvalue weighted by Gasteiger charge is -2.07. The minimum absolute atomic E-state index is 0.0834. The van der Waals surface area contributed by atoms with E-state index in [0.717, 1.165) is 5.56 Å². The van der Waals surface area contributed by atoms with E-state index >= 15 is 0 Å². The fourth-order valence-electron chi connectivity index (χ4n) is 1.55. The summed E-state index contributed by atoms with van der Waals surface area (Å²) in [6.45, 7) is 2.26. The van der Waals surface area contributed by atoms with Crippen LogP contribution in [0.15, 0.2) is 39.9 Å². The number of nitrogen functional groups attached to an aromatic ring is 1. The van der Waals surface area contributed by atoms with Crippen molar-refractivity contribution in [3.05, 3.63) is 56.7 Å². The SMILES string of the molecule is Cc1ncn(Cc2cccc(N)c2)c(=O)c1Br. The Kier molecular flexibility index (Phi) is 3.28. The number of hydrogen-bond acceptors (Lipinski definition) is 3. The van der Waals surface area contributed by atoms with Gasteiger partial charge in [0.05, 0.1) is 18.6 Å². The van der Waals surface area contributed by atoms with Gasteiger partial charge in [-0.3, -0.25) is 9.36 Å². The van der Waals surface area contributed by atoms with Crippen LogP contribution in [0, 0.1) is 6.92 Å². The first-order valence-electron chi connectivity index (χ1n) is 5.14. The topological polar surface area (TPSA) is 60.9 Å². The highest BCUT2D eigenvalue weighted by Gasteiger charge is 2.05. The molecule has 0 aliphatic carbocycles. The third-order valence-corrected chi connectivity index (χ3v) is 3.37. The second kappa shape index (κ2) is 4.71. The number of nitrogens with two attached hydrogens (primary N) is 1. The van der Waals surface area contributed by atoms with Crippen molar-refractivity contribution in [3.63, 3.8) is 0 Å². The van der Waals surface area contributed by atoms with E-state index in [-0.39, 0.29) is 5.56 Å². The Morgan fingerprint density at radius 1 is 1.47 bits per heavy atom. The summed E-state index contributed by atoms with van der Waals surface area (Å²) < 4.78 is 2.05. The van der Waals surface area contributed by atoms with Crippen LogP contribution in [0.3, 0.4) is 0 Å². The number of aryl methyl sites for hydroxylation is 1. The van der Waals surface area contributed by atoms with Gasteiger partial charge in [0.2, 0.25) is 0 Å². The van der Waals surface area contributed by atoms with E-state index in [9.17, 15) is 4.79 Å². The molecule has 0 aliphatic heterocycles. The van der Waals surface area contributed by atoms with E-state index in [1.54, 1.807) is 17.8 Å². The highest BCUT2D eigenvalue weighted by molar-refractivity contribution is 9.10. The average molecular weight is 294 g/mol. The van der Waals surface area contributed by atoms with Crippen molar-refractivity contribution in [2.24, 2.45) is 0 Å². The minimum Gasteiger partial charge on any atom is -0.399 e. The number of aromatic nitrogens is 2. The summed E-state index contributed by atoms with van der Waals surface area (Å²) in [7, 11) is 0. The second-order valence-corrected chi connectivity index (χ2v) is 4.62. The first-order valence-corrected chi connectivity index (χ1v) is 5.93. The molecule has 88 valence electrons. The van der Waals surface area contributed by atoms with E-state index in [2.05, 4.69) is 20.9 Å². The van der Waals surface area contributed by atoms with Crippen molar-refractivity contribution >= 4 is 21.6 Å². The van der Waals surface area contributed by atoms with E-state index in [0.29, 0.717) is 22.4 Å². The third-order valence-electron chi connectivity index (χ3n) is 2.46. The standard InChI is InChI=1S/C12H12BrN3O/c1-8-11(13)12(17)16(7-15-8)6-9-3-2-4-10(14)5-9/h2-5,7H,6,14H2,1H3. The van der Waals surface area contributed by atoms with E-state index < -0.39 is 0 Å². The number of rotatable bonds is 2. The fourth-order valence-corrected chi connectivity index (χ4v) is 1.88. The molecule has 0 aliphatic rings. The smallest absolute Gasteiger partial charge is 0.268 e. The molecule has 1 aromatic carbocycles. The molecule has 0 atom stereocenters. The van der Waals surface area contributed by atoms with Crippen molar-refractivity contribution in [1.29, 1.82) is 0 Å². The Bertz CT molecular complexity index is 607. The van der Waals surface area contributed by atoms with E-state index in [1.807, 2.05) is 24.3 Å². The summed E-state index contributed by atoms with van der Waals surface area (Å²) in [6.07, 6.45) is 1.55. The maximum Gasteiger partial charge on any atom is 0.268 e. The van der Waals surface area contributed by atoms with Gasteiger partial charge in [-0.15, -0.1) is 0 Å². The average Bonchev–Trinajstić information content (AvgIpc) is 2.30. The summed E-state index contributed by atoms with van der Waals surface area (Å²) >= 11 is 3.24. The van der Waals surface area contributed by atoms with E-state index in [4.69, 9.17) is 5.73 Å². The van der Waals surface area contributed by atoms with Crippen LogP contribution < -0.4 is 11.3 Å². The van der Waals surface area contributed by atoms with Crippen molar-refractivity contribution in [2.75, 3.05) is 5.73 Å². The van der Waals surface area contributed by atoms with Gasteiger partial charge >= 0.3 is 0 Å². The van der Waals surface area contributed by atoms with Crippen molar-refractivity contribution in [1.82, 2.24) is 9.55 Å². The van der Waals surface area contributed by atoms with E-state index in [1.165, 1.54) is 0 Å². The lowest BCUT2D eigenvalue weighted by atomic mass is 10.2. The number of halogens is 1. The minimum atomic E-state index is -0.0834. The zero-order valence-corrected chi connectivity index (χ0v) is 10.9. The highest BCUT2D eigenvalue weighted by Crippen LogP contribution is 2.09. The van der Waals surface area contributed by atoms with Gasteiger partial charge in [-0.1, -0.05) is 12.1 Å². The van der Waals surface area contributed by atoms with Crippen LogP contribution >= 0.6 is 15.9 Å². The van der Waals surface area contributed by atoms with Crippen LogP contribution in [0.2, 0.25) is 0 Å². The lowest BCUT2D eigenvalue weighted by Crippen LogP contribution is -2.22. The highest BCUT2D eigenvalue weighted by atomic mass is 79.9. The summed E-state index contributed by atoms with van der Waals surface area (Å²) in [6, 6.07) is 7.46. The molecule has 5 heteroatoms. The number of nitrogens with zero attached hydrogens (tertiary/aromatic N) is 2. The van der Waals surface area contributed by atoms with Gasteiger partial charge in [0.1, 0.15) is 4.47 Å². The van der Waals surface area contributed by atoms with Crippen LogP contribution in [0.4, 0.5) is 5.69 Å². The molecule has 2 aromatic rings. The molecule has 0 radical (unpaired) electrons.